The molecular formula is C24H22ClN8O3+. The molecule has 0 aliphatic heterocycles. The Balaban J connectivity index is 1.58. The molecule has 0 radical (unpaired) electrons. The second-order valence-corrected chi connectivity index (χ2v) is 8.47. The van der Waals surface area contributed by atoms with Gasteiger partial charge >= 0.3 is 5.69 Å². The fourth-order valence-corrected chi connectivity index (χ4v) is 3.72. The molecule has 4 N–H and O–H groups in total. The first-order chi connectivity index (χ1) is 17.5. The van der Waals surface area contributed by atoms with E-state index in [1.54, 1.807) is 48.5 Å². The Morgan fingerprint density at radius 1 is 1.08 bits per heavy atom. The van der Waals surface area contributed by atoms with Crippen molar-refractivity contribution in [3.63, 3.8) is 0 Å². The van der Waals surface area contributed by atoms with E-state index in [0.29, 0.717) is 28.1 Å². The van der Waals surface area contributed by atoms with Crippen LogP contribution in [0.5, 0.6) is 0 Å². The Bertz CT molecular complexity index is 1420. The first kappa shape index (κ1) is 23.2. The van der Waals surface area contributed by atoms with Crippen LogP contribution in [0.1, 0.15) is 34.9 Å². The van der Waals surface area contributed by atoms with Gasteiger partial charge in [-0.3, -0.25) is 9.89 Å². The molecule has 4 aromatic rings. The van der Waals surface area contributed by atoms with Gasteiger partial charge in [0.2, 0.25) is 17.5 Å². The third-order valence-corrected chi connectivity index (χ3v) is 5.78. The predicted molar refractivity (Wildman–Crippen MR) is 135 cm³/mol. The van der Waals surface area contributed by atoms with Gasteiger partial charge in [-0.25, -0.2) is 4.84 Å². The molecule has 2 aromatic heterocycles. The fraction of sp³-hybridized carbons (Fsp3) is 0.167. The second kappa shape index (κ2) is 10.0. The van der Waals surface area contributed by atoms with Crippen LogP contribution in [0.15, 0.2) is 60.7 Å². The molecule has 1 aliphatic rings. The zero-order chi connectivity index (χ0) is 25.1. The number of halogens is 1. The van der Waals surface area contributed by atoms with Gasteiger partial charge < -0.3 is 16.0 Å². The number of carbonyl (C=O) groups is 1. The number of aromatic amines is 1. The molecule has 0 bridgehead atoms. The van der Waals surface area contributed by atoms with Crippen molar-refractivity contribution in [1.82, 2.24) is 20.2 Å². The number of carbonyl (C=O) groups excluding carboxylic acids is 1. The molecule has 1 fully saturated rings. The Morgan fingerprint density at radius 3 is 2.56 bits per heavy atom. The Hall–Kier alpha value is -4.51. The molecule has 11 nitrogen and oxygen atoms in total. The number of hydrogen-bond acceptors (Lipinski definition) is 8. The maximum atomic E-state index is 13.3. The van der Waals surface area contributed by atoms with E-state index in [-0.39, 0.29) is 28.1 Å². The number of nitrogens with one attached hydrogen (secondary N) is 4. The number of amides is 1. The van der Waals surface area contributed by atoms with E-state index in [4.69, 9.17) is 16.4 Å². The van der Waals surface area contributed by atoms with Crippen LogP contribution in [0.3, 0.4) is 0 Å². The van der Waals surface area contributed by atoms with Crippen LogP contribution >= 0.6 is 11.6 Å². The fourth-order valence-electron chi connectivity index (χ4n) is 3.53. The van der Waals surface area contributed by atoms with Gasteiger partial charge in [-0.15, -0.1) is 0 Å². The molecule has 1 saturated carbocycles. The molecule has 0 spiro atoms. The Labute approximate surface area is 210 Å². The molecule has 0 atom stereocenters. The van der Waals surface area contributed by atoms with E-state index in [1.807, 2.05) is 12.1 Å². The topological polar surface area (TPSA) is 137 Å². The van der Waals surface area contributed by atoms with Gasteiger partial charge in [0.15, 0.2) is 7.11 Å². The van der Waals surface area contributed by atoms with Crippen LogP contribution in [-0.4, -0.2) is 38.1 Å². The third-order valence-electron chi connectivity index (χ3n) is 5.45. The van der Waals surface area contributed by atoms with Crippen LogP contribution in [0.25, 0.3) is 0 Å². The lowest BCUT2D eigenvalue weighted by Crippen LogP contribution is -2.20. The van der Waals surface area contributed by atoms with E-state index in [2.05, 4.69) is 36.1 Å². The van der Waals surface area contributed by atoms with Gasteiger partial charge in [0.25, 0.3) is 10.8 Å². The summed E-state index contributed by atoms with van der Waals surface area (Å²) in [5.41, 5.74) is 1.54. The van der Waals surface area contributed by atoms with E-state index >= 15 is 0 Å². The van der Waals surface area contributed by atoms with E-state index < -0.39 is 5.91 Å². The van der Waals surface area contributed by atoms with Crippen molar-refractivity contribution in [2.45, 2.75) is 18.8 Å². The quantitative estimate of drug-likeness (QED) is 0.221. The van der Waals surface area contributed by atoms with E-state index in [9.17, 15) is 9.70 Å². The Kier molecular flexibility index (Phi) is 6.46. The number of anilines is 5. The molecule has 1 amide bonds. The highest BCUT2D eigenvalue weighted by Crippen LogP contribution is 2.40. The molecule has 1 aliphatic carbocycles. The lowest BCUT2D eigenvalue weighted by molar-refractivity contribution is -0.736. The molecular weight excluding hydrogens is 484 g/mol. The third kappa shape index (κ3) is 5.10. The average molecular weight is 506 g/mol. The minimum absolute atomic E-state index is 0.0283. The molecule has 36 heavy (non-hydrogen) atoms. The van der Waals surface area contributed by atoms with Gasteiger partial charge in [0.1, 0.15) is 5.82 Å². The van der Waals surface area contributed by atoms with E-state index in [0.717, 1.165) is 18.5 Å². The van der Waals surface area contributed by atoms with E-state index in [1.165, 1.54) is 7.11 Å². The molecule has 182 valence electrons. The van der Waals surface area contributed by atoms with Crippen molar-refractivity contribution >= 4 is 52.2 Å². The summed E-state index contributed by atoms with van der Waals surface area (Å²) in [7, 11) is 1.19. The highest BCUT2D eigenvalue weighted by molar-refractivity contribution is 6.33. The zero-order valence-corrected chi connectivity index (χ0v) is 19.9. The van der Waals surface area contributed by atoms with Gasteiger partial charge in [0.05, 0.1) is 21.3 Å². The molecule has 2 heterocycles. The maximum Gasteiger partial charge on any atom is 0.390 e. The van der Waals surface area contributed by atoms with Crippen molar-refractivity contribution < 1.29 is 14.6 Å². The normalized spacial score (nSPS) is 12.6. The number of rotatable bonds is 9. The molecule has 2 aromatic carbocycles. The van der Waals surface area contributed by atoms with Crippen LogP contribution in [0.4, 0.5) is 34.6 Å². The molecule has 0 unspecified atom stereocenters. The number of nitrogens with zero attached hydrogens (tertiary/aromatic N) is 4. The van der Waals surface area contributed by atoms with Gasteiger partial charge in [-0.2, -0.15) is 15.1 Å². The SMILES string of the molecule is CO[N+](=O)c1c(Nc2cc(C3CC3)n[nH]2)nc(Nc2ccccc2Cl)nc1C(=O)Nc1ccccc1. The van der Waals surface area contributed by atoms with Crippen molar-refractivity contribution in [3.05, 3.63) is 82.0 Å². The van der Waals surface area contributed by atoms with Gasteiger partial charge in [-0.1, -0.05) is 41.9 Å². The molecule has 12 heteroatoms. The molecule has 0 saturated heterocycles. The number of aromatic nitrogens is 4. The van der Waals surface area contributed by atoms with Crippen molar-refractivity contribution in [1.29, 1.82) is 0 Å². The van der Waals surface area contributed by atoms with Crippen LogP contribution in [-0.2, 0) is 4.84 Å². The lowest BCUT2D eigenvalue weighted by Gasteiger charge is -2.12. The minimum Gasteiger partial charge on any atom is -0.323 e. The monoisotopic (exact) mass is 505 g/mol. The van der Waals surface area contributed by atoms with Crippen LogP contribution in [0, 0.1) is 4.91 Å². The number of hydrogen-bond donors (Lipinski definition) is 4. The maximum absolute atomic E-state index is 13.3. The second-order valence-electron chi connectivity index (χ2n) is 8.06. The highest BCUT2D eigenvalue weighted by Gasteiger charge is 2.35. The lowest BCUT2D eigenvalue weighted by atomic mass is 10.2. The standard InChI is InChI=1S/C24H21ClN8O3/c1-36-33(35)21-20(23(34)26-15-7-3-2-4-8-15)29-24(27-17-10-6-5-9-16(17)25)30-22(21)28-19-13-18(31-32-19)14-11-12-14/h2-10,13-14H,11-12H2,1H3,(H3-,26,27,28,29,30,31,32,34,35)/p+1. The highest BCUT2D eigenvalue weighted by atomic mass is 35.5. The Morgan fingerprint density at radius 2 is 1.83 bits per heavy atom. The summed E-state index contributed by atoms with van der Waals surface area (Å²) in [5.74, 6) is 0.352. The summed E-state index contributed by atoms with van der Waals surface area (Å²) in [5, 5.41) is 16.5. The summed E-state index contributed by atoms with van der Waals surface area (Å²) >= 11 is 6.29. The minimum atomic E-state index is -0.634. The first-order valence-electron chi connectivity index (χ1n) is 11.2. The molecule has 5 rings (SSSR count). The predicted octanol–water partition coefficient (Wildman–Crippen LogP) is 5.44. The van der Waals surface area contributed by atoms with Gasteiger partial charge in [-0.05, 0) is 37.1 Å². The summed E-state index contributed by atoms with van der Waals surface area (Å²) in [6, 6.07) is 17.7. The average Bonchev–Trinajstić information content (AvgIpc) is 3.64. The number of H-pyrrole nitrogens is 1. The van der Waals surface area contributed by atoms with Crippen LogP contribution in [0.2, 0.25) is 5.02 Å². The first-order valence-corrected chi connectivity index (χ1v) is 11.5. The van der Waals surface area contributed by atoms with Crippen LogP contribution < -0.4 is 16.0 Å². The largest absolute Gasteiger partial charge is 0.390 e. The van der Waals surface area contributed by atoms with Crippen molar-refractivity contribution in [3.8, 4) is 0 Å². The summed E-state index contributed by atoms with van der Waals surface area (Å²) in [6.45, 7) is 0. The number of benzene rings is 2. The zero-order valence-electron chi connectivity index (χ0n) is 19.2. The smallest absolute Gasteiger partial charge is 0.323 e. The summed E-state index contributed by atoms with van der Waals surface area (Å²) in [6.07, 6.45) is 2.16. The van der Waals surface area contributed by atoms with Crippen molar-refractivity contribution in [2.75, 3.05) is 23.1 Å². The summed E-state index contributed by atoms with van der Waals surface area (Å²) in [4.78, 5) is 40.0. The number of para-hydroxylation sites is 2. The summed E-state index contributed by atoms with van der Waals surface area (Å²) < 4.78 is 0. The van der Waals surface area contributed by atoms with Crippen molar-refractivity contribution in [2.24, 2.45) is 0 Å². The van der Waals surface area contributed by atoms with Gasteiger partial charge in [0, 0.05) is 17.7 Å².